The number of ether oxygens (including phenoxy) is 1. The lowest BCUT2D eigenvalue weighted by Crippen LogP contribution is -2.36. The fraction of sp³-hybridized carbons (Fsp3) is 0.273. The van der Waals surface area contributed by atoms with E-state index in [9.17, 15) is 9.18 Å². The fourth-order valence-corrected chi connectivity index (χ4v) is 3.67. The number of aliphatic carboxylic acids is 1. The lowest BCUT2D eigenvalue weighted by molar-refractivity contribution is -0.142. The van der Waals surface area contributed by atoms with E-state index in [1.807, 2.05) is 36.4 Å². The number of aromatic nitrogens is 1. The number of piperidine rings is 1. The summed E-state index contributed by atoms with van der Waals surface area (Å²) in [6.45, 7) is 1.39. The zero-order chi connectivity index (χ0) is 19.7. The SMILES string of the molecule is COc1ccc(-c2ccc3nc(N4CCC(C(=O)O)CC4)ccc3c2)cc1F. The van der Waals surface area contributed by atoms with Crippen LogP contribution in [0.5, 0.6) is 5.75 Å². The number of benzene rings is 2. The fourth-order valence-electron chi connectivity index (χ4n) is 3.67. The summed E-state index contributed by atoms with van der Waals surface area (Å²) in [6.07, 6.45) is 1.27. The third kappa shape index (κ3) is 3.50. The Morgan fingerprint density at radius 3 is 2.50 bits per heavy atom. The predicted octanol–water partition coefficient (Wildman–Crippen LogP) is 4.35. The van der Waals surface area contributed by atoms with Crippen molar-refractivity contribution in [2.24, 2.45) is 5.92 Å². The third-order valence-electron chi connectivity index (χ3n) is 5.33. The largest absolute Gasteiger partial charge is 0.494 e. The average molecular weight is 380 g/mol. The highest BCUT2D eigenvalue weighted by Gasteiger charge is 2.25. The van der Waals surface area contributed by atoms with Crippen LogP contribution in [0.25, 0.3) is 22.0 Å². The van der Waals surface area contributed by atoms with E-state index in [-0.39, 0.29) is 11.7 Å². The molecule has 0 unspecified atom stereocenters. The summed E-state index contributed by atoms with van der Waals surface area (Å²) in [7, 11) is 1.45. The molecule has 4 rings (SSSR count). The minimum atomic E-state index is -0.714. The molecule has 0 bridgehead atoms. The van der Waals surface area contributed by atoms with Crippen LogP contribution in [0.4, 0.5) is 10.2 Å². The number of methoxy groups -OCH3 is 1. The van der Waals surface area contributed by atoms with Crippen LogP contribution in [0.2, 0.25) is 0 Å². The van der Waals surface area contributed by atoms with Crippen molar-refractivity contribution in [1.82, 2.24) is 4.98 Å². The molecule has 1 aliphatic rings. The van der Waals surface area contributed by atoms with Crippen LogP contribution in [0, 0.1) is 11.7 Å². The Bertz CT molecular complexity index is 1030. The summed E-state index contributed by atoms with van der Waals surface area (Å²) in [5.74, 6) is -0.279. The molecular weight excluding hydrogens is 359 g/mol. The van der Waals surface area contributed by atoms with Crippen LogP contribution in [-0.4, -0.2) is 36.3 Å². The standard InChI is InChI=1S/C22H21FN2O3/c1-28-20-6-3-16(13-18(20)23)15-2-5-19-17(12-15)4-7-21(24-19)25-10-8-14(9-11-25)22(26)27/h2-7,12-14H,8-11H2,1H3,(H,26,27). The highest BCUT2D eigenvalue weighted by atomic mass is 19.1. The van der Waals surface area contributed by atoms with E-state index >= 15 is 0 Å². The summed E-state index contributed by atoms with van der Waals surface area (Å²) in [5, 5.41) is 10.1. The number of carboxylic acid groups (broad SMARTS) is 1. The van der Waals surface area contributed by atoms with Gasteiger partial charge in [0.05, 0.1) is 18.5 Å². The van der Waals surface area contributed by atoms with E-state index in [4.69, 9.17) is 14.8 Å². The lowest BCUT2D eigenvalue weighted by Gasteiger charge is -2.31. The summed E-state index contributed by atoms with van der Waals surface area (Å²) in [4.78, 5) is 18.0. The number of hydrogen-bond acceptors (Lipinski definition) is 4. The van der Waals surface area contributed by atoms with E-state index < -0.39 is 11.8 Å². The molecule has 2 heterocycles. The van der Waals surface area contributed by atoms with Crippen molar-refractivity contribution in [3.63, 3.8) is 0 Å². The first kappa shape index (κ1) is 18.2. The minimum Gasteiger partial charge on any atom is -0.494 e. The molecule has 1 aromatic heterocycles. The smallest absolute Gasteiger partial charge is 0.306 e. The number of halogens is 1. The quantitative estimate of drug-likeness (QED) is 0.729. The Hall–Kier alpha value is -3.15. The maximum absolute atomic E-state index is 14.0. The monoisotopic (exact) mass is 380 g/mol. The average Bonchev–Trinajstić information content (AvgIpc) is 2.73. The van der Waals surface area contributed by atoms with Crippen molar-refractivity contribution in [1.29, 1.82) is 0 Å². The minimum absolute atomic E-state index is 0.225. The van der Waals surface area contributed by atoms with E-state index in [1.165, 1.54) is 13.2 Å². The highest BCUT2D eigenvalue weighted by Crippen LogP contribution is 2.29. The van der Waals surface area contributed by atoms with Crippen molar-refractivity contribution in [3.8, 4) is 16.9 Å². The molecule has 1 fully saturated rings. The molecule has 0 spiro atoms. The Kier molecular flexibility index (Phi) is 4.86. The maximum atomic E-state index is 14.0. The molecule has 28 heavy (non-hydrogen) atoms. The van der Waals surface area contributed by atoms with E-state index in [0.717, 1.165) is 27.8 Å². The Morgan fingerprint density at radius 1 is 1.11 bits per heavy atom. The molecule has 144 valence electrons. The molecular formula is C22H21FN2O3. The molecule has 1 N–H and O–H groups in total. The Morgan fingerprint density at radius 2 is 1.82 bits per heavy atom. The Labute approximate surface area is 162 Å². The lowest BCUT2D eigenvalue weighted by atomic mass is 9.97. The van der Waals surface area contributed by atoms with Crippen molar-refractivity contribution >= 4 is 22.7 Å². The second-order valence-corrected chi connectivity index (χ2v) is 7.03. The summed E-state index contributed by atoms with van der Waals surface area (Å²) < 4.78 is 19.0. The molecule has 0 radical (unpaired) electrons. The number of carboxylic acids is 1. The van der Waals surface area contributed by atoms with Crippen molar-refractivity contribution in [2.75, 3.05) is 25.1 Å². The van der Waals surface area contributed by atoms with Crippen LogP contribution in [-0.2, 0) is 4.79 Å². The number of hydrogen-bond donors (Lipinski definition) is 1. The van der Waals surface area contributed by atoms with Crippen LogP contribution < -0.4 is 9.64 Å². The van der Waals surface area contributed by atoms with Gasteiger partial charge in [-0.25, -0.2) is 9.37 Å². The summed E-state index contributed by atoms with van der Waals surface area (Å²) in [6, 6.07) is 14.7. The van der Waals surface area contributed by atoms with Crippen molar-refractivity contribution < 1.29 is 19.0 Å². The van der Waals surface area contributed by atoms with Crippen molar-refractivity contribution in [3.05, 3.63) is 54.3 Å². The molecule has 3 aromatic rings. The van der Waals surface area contributed by atoms with Gasteiger partial charge in [-0.3, -0.25) is 4.79 Å². The molecule has 0 saturated carbocycles. The van der Waals surface area contributed by atoms with Gasteiger partial charge in [0.25, 0.3) is 0 Å². The van der Waals surface area contributed by atoms with Gasteiger partial charge in [-0.1, -0.05) is 12.1 Å². The van der Waals surface area contributed by atoms with Crippen LogP contribution in [0.3, 0.4) is 0 Å². The zero-order valence-electron chi connectivity index (χ0n) is 15.6. The third-order valence-corrected chi connectivity index (χ3v) is 5.33. The van der Waals surface area contributed by atoms with Gasteiger partial charge < -0.3 is 14.7 Å². The van der Waals surface area contributed by atoms with Gasteiger partial charge >= 0.3 is 5.97 Å². The topological polar surface area (TPSA) is 62.7 Å². The molecule has 0 aliphatic carbocycles. The van der Waals surface area contributed by atoms with Gasteiger partial charge in [0.1, 0.15) is 5.82 Å². The second-order valence-electron chi connectivity index (χ2n) is 7.03. The Balaban J connectivity index is 1.58. The number of pyridine rings is 1. The molecule has 2 aromatic carbocycles. The molecule has 0 atom stereocenters. The first-order chi connectivity index (χ1) is 13.5. The van der Waals surface area contributed by atoms with Crippen LogP contribution in [0.15, 0.2) is 48.5 Å². The molecule has 6 heteroatoms. The number of fused-ring (bicyclic) bond motifs is 1. The van der Waals surface area contributed by atoms with Gasteiger partial charge in [-0.05, 0) is 60.4 Å². The summed E-state index contributed by atoms with van der Waals surface area (Å²) >= 11 is 0. The highest BCUT2D eigenvalue weighted by molar-refractivity contribution is 5.85. The van der Waals surface area contributed by atoms with Gasteiger partial charge in [0, 0.05) is 18.5 Å². The maximum Gasteiger partial charge on any atom is 0.306 e. The first-order valence-corrected chi connectivity index (χ1v) is 9.27. The van der Waals surface area contributed by atoms with Gasteiger partial charge in [-0.2, -0.15) is 0 Å². The number of rotatable bonds is 4. The van der Waals surface area contributed by atoms with E-state index in [0.29, 0.717) is 25.9 Å². The van der Waals surface area contributed by atoms with Crippen LogP contribution >= 0.6 is 0 Å². The van der Waals surface area contributed by atoms with E-state index in [2.05, 4.69) is 4.90 Å². The molecule has 5 nitrogen and oxygen atoms in total. The first-order valence-electron chi connectivity index (χ1n) is 9.27. The number of anilines is 1. The molecule has 0 amide bonds. The number of carbonyl (C=O) groups is 1. The second kappa shape index (κ2) is 7.46. The van der Waals surface area contributed by atoms with Gasteiger partial charge in [-0.15, -0.1) is 0 Å². The van der Waals surface area contributed by atoms with Crippen molar-refractivity contribution in [2.45, 2.75) is 12.8 Å². The van der Waals surface area contributed by atoms with Gasteiger partial charge in [0.2, 0.25) is 0 Å². The zero-order valence-corrected chi connectivity index (χ0v) is 15.6. The molecule has 1 saturated heterocycles. The predicted molar refractivity (Wildman–Crippen MR) is 106 cm³/mol. The molecule has 1 aliphatic heterocycles. The normalized spacial score (nSPS) is 15.0. The summed E-state index contributed by atoms with van der Waals surface area (Å²) in [5.41, 5.74) is 2.54. The number of nitrogens with zero attached hydrogens (tertiary/aromatic N) is 2. The van der Waals surface area contributed by atoms with Gasteiger partial charge in [0.15, 0.2) is 11.6 Å². The van der Waals surface area contributed by atoms with Crippen LogP contribution in [0.1, 0.15) is 12.8 Å². The van der Waals surface area contributed by atoms with E-state index in [1.54, 1.807) is 6.07 Å².